The average molecular weight is 432 g/mol. The van der Waals surface area contributed by atoms with Gasteiger partial charge in [0.2, 0.25) is 0 Å². The molecule has 166 valence electrons. The van der Waals surface area contributed by atoms with E-state index < -0.39 is 5.97 Å². The topological polar surface area (TPSA) is 59.0 Å². The fourth-order valence-electron chi connectivity index (χ4n) is 4.15. The molecular weight excluding hydrogens is 402 g/mol. The minimum absolute atomic E-state index is 0.0506. The summed E-state index contributed by atoms with van der Waals surface area (Å²) in [6, 6.07) is 24.8. The Morgan fingerprint density at radius 2 is 1.88 bits per heavy atom. The van der Waals surface area contributed by atoms with Crippen LogP contribution >= 0.6 is 0 Å². The van der Waals surface area contributed by atoms with Gasteiger partial charge in [0, 0.05) is 19.6 Å². The predicted octanol–water partition coefficient (Wildman–Crippen LogP) is 5.09. The molecule has 1 unspecified atom stereocenters. The van der Waals surface area contributed by atoms with E-state index in [2.05, 4.69) is 54.3 Å². The highest BCUT2D eigenvalue weighted by molar-refractivity contribution is 5.67. The molecule has 0 aromatic heterocycles. The van der Waals surface area contributed by atoms with Gasteiger partial charge in [0.1, 0.15) is 12.4 Å². The molecule has 0 amide bonds. The molecule has 32 heavy (non-hydrogen) atoms. The van der Waals surface area contributed by atoms with Crippen molar-refractivity contribution < 1.29 is 19.4 Å². The van der Waals surface area contributed by atoms with Crippen molar-refractivity contribution in [2.75, 3.05) is 26.2 Å². The molecule has 3 aromatic carbocycles. The first kappa shape index (κ1) is 22.1. The van der Waals surface area contributed by atoms with E-state index >= 15 is 0 Å². The summed E-state index contributed by atoms with van der Waals surface area (Å²) in [4.78, 5) is 13.0. The van der Waals surface area contributed by atoms with Gasteiger partial charge in [-0.3, -0.25) is 9.69 Å². The van der Waals surface area contributed by atoms with Crippen molar-refractivity contribution in [3.05, 3.63) is 89.5 Å². The number of hydrogen-bond donors (Lipinski definition) is 1. The van der Waals surface area contributed by atoms with Crippen molar-refractivity contribution in [1.29, 1.82) is 0 Å². The van der Waals surface area contributed by atoms with Crippen LogP contribution in [0.1, 0.15) is 29.2 Å². The number of aliphatic carboxylic acids is 1. The average Bonchev–Trinajstić information content (AvgIpc) is 2.82. The third-order valence-corrected chi connectivity index (χ3v) is 5.88. The summed E-state index contributed by atoms with van der Waals surface area (Å²) < 4.78 is 12.1. The highest BCUT2D eigenvalue weighted by Crippen LogP contribution is 2.29. The number of morpholine rings is 1. The molecule has 4 rings (SSSR count). The predicted molar refractivity (Wildman–Crippen MR) is 125 cm³/mol. The van der Waals surface area contributed by atoms with E-state index in [1.54, 1.807) is 0 Å². The van der Waals surface area contributed by atoms with Crippen molar-refractivity contribution in [3.63, 3.8) is 0 Å². The molecule has 1 heterocycles. The summed E-state index contributed by atoms with van der Waals surface area (Å²) in [5.41, 5.74) is 5.75. The zero-order valence-electron chi connectivity index (χ0n) is 18.4. The number of carbonyl (C=O) groups is 1. The molecule has 1 aliphatic rings. The molecule has 0 aliphatic carbocycles. The molecule has 1 N–H and O–H groups in total. The molecular formula is C27H29NO4. The number of ether oxygens (including phenoxy) is 2. The molecule has 1 fully saturated rings. The van der Waals surface area contributed by atoms with E-state index in [-0.39, 0.29) is 12.5 Å². The van der Waals surface area contributed by atoms with E-state index in [1.807, 2.05) is 30.3 Å². The Balaban J connectivity index is 1.42. The zero-order valence-corrected chi connectivity index (χ0v) is 18.4. The summed E-state index contributed by atoms with van der Waals surface area (Å²) in [5, 5.41) is 8.94. The fraction of sp³-hybridized carbons (Fsp3) is 0.296. The molecule has 0 saturated carbocycles. The van der Waals surface area contributed by atoms with Crippen molar-refractivity contribution in [1.82, 2.24) is 4.90 Å². The molecule has 1 saturated heterocycles. The maximum Gasteiger partial charge on any atom is 0.304 e. The normalized spacial score (nSPS) is 16.6. The van der Waals surface area contributed by atoms with Crippen LogP contribution in [0.2, 0.25) is 0 Å². The van der Waals surface area contributed by atoms with Gasteiger partial charge in [0.05, 0.1) is 19.1 Å². The Morgan fingerprint density at radius 1 is 1.09 bits per heavy atom. The fourth-order valence-corrected chi connectivity index (χ4v) is 4.15. The summed E-state index contributed by atoms with van der Waals surface area (Å²) >= 11 is 0. The second kappa shape index (κ2) is 10.4. The van der Waals surface area contributed by atoms with Crippen LogP contribution in [0.25, 0.3) is 11.1 Å². The van der Waals surface area contributed by atoms with Gasteiger partial charge in [-0.05, 0) is 46.9 Å². The molecule has 0 bridgehead atoms. The smallest absolute Gasteiger partial charge is 0.304 e. The number of aryl methyl sites for hydroxylation is 1. The number of benzene rings is 3. The van der Waals surface area contributed by atoms with E-state index in [0.717, 1.165) is 29.0 Å². The molecule has 0 radical (unpaired) electrons. The van der Waals surface area contributed by atoms with Crippen molar-refractivity contribution in [2.24, 2.45) is 0 Å². The highest BCUT2D eigenvalue weighted by atomic mass is 16.5. The standard InChI is InChI=1S/C27H29NO4/c1-20-17-23(11-12-24(20)26-18-28(15-16-31-26)14-13-27(29)30)32-19-22-9-5-6-10-25(22)21-7-3-2-4-8-21/h2-12,17,26H,13-16,18-19H2,1H3,(H,29,30). The molecule has 5 nitrogen and oxygen atoms in total. The lowest BCUT2D eigenvalue weighted by Crippen LogP contribution is -2.39. The van der Waals surface area contributed by atoms with Gasteiger partial charge in [-0.25, -0.2) is 0 Å². The quantitative estimate of drug-likeness (QED) is 0.538. The van der Waals surface area contributed by atoms with E-state index in [0.29, 0.717) is 26.3 Å². The number of hydrogen-bond acceptors (Lipinski definition) is 4. The number of nitrogens with zero attached hydrogens (tertiary/aromatic N) is 1. The Bertz CT molecular complexity index is 1050. The number of carboxylic acid groups (broad SMARTS) is 1. The minimum atomic E-state index is -0.764. The molecule has 3 aromatic rings. The molecule has 0 spiro atoms. The maximum atomic E-state index is 10.9. The molecule has 1 aliphatic heterocycles. The lowest BCUT2D eigenvalue weighted by atomic mass is 10.00. The zero-order chi connectivity index (χ0) is 22.3. The van der Waals surface area contributed by atoms with Gasteiger partial charge in [-0.15, -0.1) is 0 Å². The van der Waals surface area contributed by atoms with Crippen LogP contribution in [0.4, 0.5) is 0 Å². The van der Waals surface area contributed by atoms with Gasteiger partial charge < -0.3 is 14.6 Å². The number of carboxylic acids is 1. The first-order valence-electron chi connectivity index (χ1n) is 11.0. The summed E-state index contributed by atoms with van der Waals surface area (Å²) in [6.45, 7) is 5.20. The largest absolute Gasteiger partial charge is 0.489 e. The van der Waals surface area contributed by atoms with Crippen LogP contribution in [-0.4, -0.2) is 42.2 Å². The van der Waals surface area contributed by atoms with Crippen LogP contribution in [-0.2, 0) is 16.1 Å². The maximum absolute atomic E-state index is 10.9. The third kappa shape index (κ3) is 5.55. The van der Waals surface area contributed by atoms with Gasteiger partial charge >= 0.3 is 5.97 Å². The van der Waals surface area contributed by atoms with Crippen LogP contribution in [0.5, 0.6) is 5.75 Å². The Kier molecular flexibility index (Phi) is 7.20. The number of rotatable bonds is 8. The van der Waals surface area contributed by atoms with Gasteiger partial charge in [0.15, 0.2) is 0 Å². The van der Waals surface area contributed by atoms with Crippen molar-refractivity contribution >= 4 is 5.97 Å². The van der Waals surface area contributed by atoms with Crippen molar-refractivity contribution in [3.8, 4) is 16.9 Å². The Morgan fingerprint density at radius 3 is 2.66 bits per heavy atom. The Hall–Kier alpha value is -3.15. The van der Waals surface area contributed by atoms with Gasteiger partial charge in [-0.2, -0.15) is 0 Å². The molecule has 5 heteroatoms. The first-order chi connectivity index (χ1) is 15.6. The summed E-state index contributed by atoms with van der Waals surface area (Å²) in [5.74, 6) is 0.0622. The molecule has 1 atom stereocenters. The van der Waals surface area contributed by atoms with Crippen LogP contribution in [0.15, 0.2) is 72.8 Å². The second-order valence-electron chi connectivity index (χ2n) is 8.13. The van der Waals surface area contributed by atoms with E-state index in [4.69, 9.17) is 14.6 Å². The summed E-state index contributed by atoms with van der Waals surface area (Å²) in [6.07, 6.45) is 0.105. The van der Waals surface area contributed by atoms with Crippen LogP contribution in [0.3, 0.4) is 0 Å². The minimum Gasteiger partial charge on any atom is -0.489 e. The van der Waals surface area contributed by atoms with Crippen LogP contribution in [0, 0.1) is 6.92 Å². The monoisotopic (exact) mass is 431 g/mol. The van der Waals surface area contributed by atoms with Gasteiger partial charge in [-0.1, -0.05) is 60.7 Å². The van der Waals surface area contributed by atoms with E-state index in [1.165, 1.54) is 11.1 Å². The van der Waals surface area contributed by atoms with E-state index in [9.17, 15) is 4.79 Å². The van der Waals surface area contributed by atoms with Crippen molar-refractivity contribution in [2.45, 2.75) is 26.1 Å². The SMILES string of the molecule is Cc1cc(OCc2ccccc2-c2ccccc2)ccc1C1CN(CCC(=O)O)CCO1. The summed E-state index contributed by atoms with van der Waals surface area (Å²) in [7, 11) is 0. The van der Waals surface area contributed by atoms with Crippen LogP contribution < -0.4 is 4.74 Å². The second-order valence-corrected chi connectivity index (χ2v) is 8.13. The Labute approximate surface area is 189 Å². The highest BCUT2D eigenvalue weighted by Gasteiger charge is 2.23. The van der Waals surface area contributed by atoms with Gasteiger partial charge in [0.25, 0.3) is 0 Å². The third-order valence-electron chi connectivity index (χ3n) is 5.88. The first-order valence-corrected chi connectivity index (χ1v) is 11.0. The lowest BCUT2D eigenvalue weighted by Gasteiger charge is -2.33. The lowest BCUT2D eigenvalue weighted by molar-refractivity contribution is -0.137.